The summed E-state index contributed by atoms with van der Waals surface area (Å²) in [5.41, 5.74) is 1.89. The molecule has 2 amide bonds. The van der Waals surface area contributed by atoms with E-state index in [9.17, 15) is 14.0 Å². The lowest BCUT2D eigenvalue weighted by Crippen LogP contribution is -2.07. The van der Waals surface area contributed by atoms with Crippen molar-refractivity contribution in [2.24, 2.45) is 0 Å². The second kappa shape index (κ2) is 7.56. The van der Waals surface area contributed by atoms with Crippen molar-refractivity contribution in [3.8, 4) is 0 Å². The number of amides is 2. The van der Waals surface area contributed by atoms with Crippen LogP contribution in [0.15, 0.2) is 48.5 Å². The van der Waals surface area contributed by atoms with Gasteiger partial charge in [-0.05, 0) is 42.0 Å². The average Bonchev–Trinajstić information content (AvgIpc) is 2.50. The van der Waals surface area contributed by atoms with E-state index in [1.807, 2.05) is 0 Å². The first-order chi connectivity index (χ1) is 10.9. The maximum Gasteiger partial charge on any atom is 0.248 e. The van der Waals surface area contributed by atoms with Gasteiger partial charge in [-0.3, -0.25) is 9.59 Å². The fourth-order valence-electron chi connectivity index (χ4n) is 1.81. The summed E-state index contributed by atoms with van der Waals surface area (Å²) in [5.74, 6) is -1.05. The lowest BCUT2D eigenvalue weighted by molar-refractivity contribution is -0.114. The van der Waals surface area contributed by atoms with Crippen LogP contribution in [-0.2, 0) is 9.59 Å². The van der Waals surface area contributed by atoms with E-state index in [4.69, 9.17) is 11.6 Å². The second-order valence-corrected chi connectivity index (χ2v) is 5.16. The number of carbonyl (C=O) groups excluding carboxylic acids is 2. The molecule has 0 fully saturated rings. The van der Waals surface area contributed by atoms with E-state index in [0.717, 1.165) is 5.56 Å². The van der Waals surface area contributed by atoms with Gasteiger partial charge in [-0.25, -0.2) is 4.39 Å². The van der Waals surface area contributed by atoms with E-state index in [1.54, 1.807) is 30.3 Å². The Hall–Kier alpha value is -2.66. The molecule has 2 N–H and O–H groups in total. The first kappa shape index (κ1) is 16.7. The van der Waals surface area contributed by atoms with Crippen molar-refractivity contribution in [2.45, 2.75) is 6.92 Å². The van der Waals surface area contributed by atoms with Crippen LogP contribution < -0.4 is 10.6 Å². The molecule has 4 nitrogen and oxygen atoms in total. The van der Waals surface area contributed by atoms with Gasteiger partial charge in [0.25, 0.3) is 0 Å². The van der Waals surface area contributed by atoms with Crippen molar-refractivity contribution >= 4 is 40.9 Å². The molecule has 0 spiro atoms. The molecule has 0 atom stereocenters. The van der Waals surface area contributed by atoms with E-state index in [1.165, 1.54) is 31.2 Å². The highest BCUT2D eigenvalue weighted by atomic mass is 35.5. The Morgan fingerprint density at radius 3 is 2.30 bits per heavy atom. The van der Waals surface area contributed by atoms with Gasteiger partial charge >= 0.3 is 0 Å². The van der Waals surface area contributed by atoms with E-state index in [2.05, 4.69) is 10.6 Å². The van der Waals surface area contributed by atoms with Crippen molar-refractivity contribution in [1.29, 1.82) is 0 Å². The zero-order chi connectivity index (χ0) is 16.8. The molecule has 2 aromatic rings. The minimum atomic E-state index is -0.542. The van der Waals surface area contributed by atoms with Crippen molar-refractivity contribution in [2.75, 3.05) is 10.6 Å². The van der Waals surface area contributed by atoms with Crippen LogP contribution in [0.3, 0.4) is 0 Å². The standard InChI is InChI=1S/C17H14ClFN2O2/c1-11(22)20-13-5-2-12(3-6-13)4-9-17(23)21-14-7-8-16(19)15(18)10-14/h2-10H,1H3,(H,20,22)(H,21,23)/b9-4+. The predicted molar refractivity (Wildman–Crippen MR) is 89.8 cm³/mol. The summed E-state index contributed by atoms with van der Waals surface area (Å²) < 4.78 is 13.0. The fraction of sp³-hybridized carbons (Fsp3) is 0.0588. The van der Waals surface area contributed by atoms with Gasteiger partial charge in [-0.15, -0.1) is 0 Å². The number of hydrogen-bond donors (Lipinski definition) is 2. The van der Waals surface area contributed by atoms with Gasteiger partial charge in [0.1, 0.15) is 5.82 Å². The predicted octanol–water partition coefficient (Wildman–Crippen LogP) is 4.09. The quantitative estimate of drug-likeness (QED) is 0.828. The van der Waals surface area contributed by atoms with Crippen LogP contribution in [0.4, 0.5) is 15.8 Å². The SMILES string of the molecule is CC(=O)Nc1ccc(/C=C/C(=O)Nc2ccc(F)c(Cl)c2)cc1. The van der Waals surface area contributed by atoms with Gasteiger partial charge in [-0.1, -0.05) is 23.7 Å². The Labute approximate surface area is 138 Å². The first-order valence-electron chi connectivity index (χ1n) is 6.76. The van der Waals surface area contributed by atoms with Gasteiger partial charge < -0.3 is 10.6 Å². The number of nitrogens with one attached hydrogen (secondary N) is 2. The topological polar surface area (TPSA) is 58.2 Å². The highest BCUT2D eigenvalue weighted by Gasteiger charge is 2.03. The monoisotopic (exact) mass is 332 g/mol. The van der Waals surface area contributed by atoms with Gasteiger partial charge in [0.2, 0.25) is 11.8 Å². The number of benzene rings is 2. The molecule has 0 saturated carbocycles. The van der Waals surface area contributed by atoms with E-state index < -0.39 is 5.82 Å². The summed E-state index contributed by atoms with van der Waals surface area (Å²) in [6, 6.07) is 11.0. The highest BCUT2D eigenvalue weighted by molar-refractivity contribution is 6.31. The molecule has 2 rings (SSSR count). The Kier molecular flexibility index (Phi) is 5.49. The Balaban J connectivity index is 1.97. The second-order valence-electron chi connectivity index (χ2n) is 4.75. The number of carbonyl (C=O) groups is 2. The number of anilines is 2. The lowest BCUT2D eigenvalue weighted by atomic mass is 10.2. The summed E-state index contributed by atoms with van der Waals surface area (Å²) >= 11 is 5.65. The number of halogens is 2. The van der Waals surface area contributed by atoms with Gasteiger partial charge in [0.15, 0.2) is 0 Å². The normalized spacial score (nSPS) is 10.6. The lowest BCUT2D eigenvalue weighted by Gasteiger charge is -2.03. The van der Waals surface area contributed by atoms with Crippen LogP contribution in [0.5, 0.6) is 0 Å². The Morgan fingerprint density at radius 1 is 1.04 bits per heavy atom. The molecule has 2 aromatic carbocycles. The molecule has 0 aliphatic carbocycles. The number of rotatable bonds is 4. The average molecular weight is 333 g/mol. The van der Waals surface area contributed by atoms with Crippen LogP contribution in [0.25, 0.3) is 6.08 Å². The smallest absolute Gasteiger partial charge is 0.248 e. The summed E-state index contributed by atoms with van der Waals surface area (Å²) in [6.07, 6.45) is 2.97. The zero-order valence-electron chi connectivity index (χ0n) is 12.3. The molecule has 0 bridgehead atoms. The highest BCUT2D eigenvalue weighted by Crippen LogP contribution is 2.19. The summed E-state index contributed by atoms with van der Waals surface area (Å²) in [5, 5.41) is 5.18. The third kappa shape index (κ3) is 5.23. The van der Waals surface area contributed by atoms with Crippen molar-refractivity contribution in [3.63, 3.8) is 0 Å². The van der Waals surface area contributed by atoms with Gasteiger partial charge in [-0.2, -0.15) is 0 Å². The van der Waals surface area contributed by atoms with Crippen molar-refractivity contribution in [3.05, 3.63) is 64.9 Å². The molecule has 0 aliphatic rings. The summed E-state index contributed by atoms with van der Waals surface area (Å²) in [6.45, 7) is 1.43. The third-order valence-electron chi connectivity index (χ3n) is 2.85. The maximum absolute atomic E-state index is 13.0. The maximum atomic E-state index is 13.0. The van der Waals surface area contributed by atoms with Gasteiger partial charge in [0.05, 0.1) is 5.02 Å². The van der Waals surface area contributed by atoms with E-state index >= 15 is 0 Å². The third-order valence-corrected chi connectivity index (χ3v) is 3.13. The fourth-order valence-corrected chi connectivity index (χ4v) is 1.99. The molecule has 0 radical (unpaired) electrons. The molecule has 23 heavy (non-hydrogen) atoms. The van der Waals surface area contributed by atoms with Crippen LogP contribution in [0.1, 0.15) is 12.5 Å². The molecule has 0 aliphatic heterocycles. The van der Waals surface area contributed by atoms with E-state index in [-0.39, 0.29) is 16.8 Å². The summed E-state index contributed by atoms with van der Waals surface area (Å²) in [4.78, 5) is 22.7. The Bertz CT molecular complexity index is 758. The molecular weight excluding hydrogens is 319 g/mol. The van der Waals surface area contributed by atoms with Gasteiger partial charge in [0, 0.05) is 24.4 Å². The zero-order valence-corrected chi connectivity index (χ0v) is 13.0. The van der Waals surface area contributed by atoms with Crippen LogP contribution >= 0.6 is 11.6 Å². The molecule has 118 valence electrons. The minimum Gasteiger partial charge on any atom is -0.326 e. The molecule has 0 aromatic heterocycles. The first-order valence-corrected chi connectivity index (χ1v) is 7.13. The van der Waals surface area contributed by atoms with Crippen LogP contribution in [-0.4, -0.2) is 11.8 Å². The van der Waals surface area contributed by atoms with Crippen LogP contribution in [0, 0.1) is 5.82 Å². The van der Waals surface area contributed by atoms with Crippen molar-refractivity contribution in [1.82, 2.24) is 0 Å². The Morgan fingerprint density at radius 2 is 1.70 bits per heavy atom. The van der Waals surface area contributed by atoms with E-state index in [0.29, 0.717) is 11.4 Å². The van der Waals surface area contributed by atoms with Crippen LogP contribution in [0.2, 0.25) is 5.02 Å². The molecule has 0 heterocycles. The molecule has 6 heteroatoms. The molecule has 0 saturated heterocycles. The molecule has 0 unspecified atom stereocenters. The number of hydrogen-bond acceptors (Lipinski definition) is 2. The summed E-state index contributed by atoms with van der Waals surface area (Å²) in [7, 11) is 0. The molecular formula is C17H14ClFN2O2. The largest absolute Gasteiger partial charge is 0.326 e. The minimum absolute atomic E-state index is 0.0552. The van der Waals surface area contributed by atoms with Crippen molar-refractivity contribution < 1.29 is 14.0 Å².